The second kappa shape index (κ2) is 11.6. The van der Waals surface area contributed by atoms with E-state index in [0.29, 0.717) is 55.8 Å². The number of anilines is 1. The van der Waals surface area contributed by atoms with Crippen LogP contribution in [-0.2, 0) is 4.74 Å². The Morgan fingerprint density at radius 2 is 1.86 bits per heavy atom. The maximum atomic E-state index is 15.8. The Balaban J connectivity index is 1.28. The summed E-state index contributed by atoms with van der Waals surface area (Å²) in [5.41, 5.74) is 0.791. The third-order valence-electron chi connectivity index (χ3n) is 9.01. The molecule has 9 nitrogen and oxygen atoms in total. The normalized spacial score (nSPS) is 18.5. The summed E-state index contributed by atoms with van der Waals surface area (Å²) in [6.45, 7) is 5.63. The van der Waals surface area contributed by atoms with E-state index >= 15 is 4.39 Å². The highest BCUT2D eigenvalue weighted by atomic mass is 19.1. The molecule has 1 atom stereocenters. The number of fused-ring (bicyclic) bond motifs is 3. The molecule has 0 aliphatic carbocycles. The molecule has 1 unspecified atom stereocenters. The van der Waals surface area contributed by atoms with E-state index in [0.717, 1.165) is 43.2 Å². The highest BCUT2D eigenvalue weighted by Crippen LogP contribution is 2.46. The van der Waals surface area contributed by atoms with E-state index in [9.17, 15) is 9.59 Å². The number of hydrogen-bond acceptors (Lipinski definition) is 7. The van der Waals surface area contributed by atoms with Gasteiger partial charge in [0.15, 0.2) is 17.3 Å². The Morgan fingerprint density at radius 1 is 1.07 bits per heavy atom. The molecule has 4 heterocycles. The first-order chi connectivity index (χ1) is 21.0. The molecule has 2 fully saturated rings. The van der Waals surface area contributed by atoms with Crippen LogP contribution in [0.5, 0.6) is 11.5 Å². The summed E-state index contributed by atoms with van der Waals surface area (Å²) in [5.74, 6) is -0.282. The van der Waals surface area contributed by atoms with E-state index in [-0.39, 0.29) is 22.4 Å². The lowest BCUT2D eigenvalue weighted by molar-refractivity contribution is 0.0383. The number of nitrogens with zero attached hydrogens (tertiary/aromatic N) is 3. The molecular formula is C33H36FN5O4. The second-order valence-electron chi connectivity index (χ2n) is 11.7. The van der Waals surface area contributed by atoms with Crippen LogP contribution in [0.2, 0.25) is 0 Å². The Hall–Kier alpha value is -3.99. The topological polar surface area (TPSA) is 88.1 Å². The van der Waals surface area contributed by atoms with E-state index in [4.69, 9.17) is 9.47 Å². The summed E-state index contributed by atoms with van der Waals surface area (Å²) in [6, 6.07) is 13.5. The molecule has 4 aromatic rings. The first-order valence-electron chi connectivity index (χ1n) is 15.1. The Morgan fingerprint density at radius 3 is 2.63 bits per heavy atom. The van der Waals surface area contributed by atoms with Gasteiger partial charge in [-0.25, -0.2) is 4.39 Å². The summed E-state index contributed by atoms with van der Waals surface area (Å²) in [7, 11) is 2.12. The van der Waals surface area contributed by atoms with Crippen molar-refractivity contribution in [1.82, 2.24) is 19.7 Å². The zero-order valence-electron chi connectivity index (χ0n) is 24.3. The lowest BCUT2D eigenvalue weighted by atomic mass is 10.0. The molecule has 10 heteroatoms. The van der Waals surface area contributed by atoms with Crippen LogP contribution in [0.1, 0.15) is 29.6 Å². The van der Waals surface area contributed by atoms with Gasteiger partial charge in [0.1, 0.15) is 16.8 Å². The first kappa shape index (κ1) is 27.8. The molecule has 2 N–H and O–H groups in total. The van der Waals surface area contributed by atoms with Crippen molar-refractivity contribution in [2.24, 2.45) is 0 Å². The molecule has 0 spiro atoms. The molecule has 3 aromatic carbocycles. The van der Waals surface area contributed by atoms with Crippen LogP contribution in [0.4, 0.5) is 10.1 Å². The van der Waals surface area contributed by atoms with Gasteiger partial charge in [0.25, 0.3) is 5.91 Å². The molecular weight excluding hydrogens is 549 g/mol. The van der Waals surface area contributed by atoms with Crippen LogP contribution in [0.15, 0.2) is 53.5 Å². The zero-order valence-corrected chi connectivity index (χ0v) is 24.3. The van der Waals surface area contributed by atoms with Crippen molar-refractivity contribution in [3.63, 3.8) is 0 Å². The van der Waals surface area contributed by atoms with Crippen molar-refractivity contribution in [2.45, 2.75) is 25.3 Å². The third kappa shape index (κ3) is 5.24. The lowest BCUT2D eigenvalue weighted by Gasteiger charge is -2.27. The highest BCUT2D eigenvalue weighted by molar-refractivity contribution is 6.02. The largest absolute Gasteiger partial charge is 0.451 e. The minimum atomic E-state index is -0.583. The number of carbonyl (C=O) groups is 1. The smallest absolute Gasteiger partial charge is 0.256 e. The van der Waals surface area contributed by atoms with Gasteiger partial charge in [0.05, 0.1) is 24.3 Å². The molecule has 1 amide bonds. The van der Waals surface area contributed by atoms with Gasteiger partial charge < -0.3 is 29.6 Å². The van der Waals surface area contributed by atoms with Crippen molar-refractivity contribution in [1.29, 1.82) is 0 Å². The number of benzene rings is 3. The molecule has 1 aromatic heterocycles. The van der Waals surface area contributed by atoms with Crippen molar-refractivity contribution in [2.75, 3.05) is 64.8 Å². The predicted molar refractivity (Wildman–Crippen MR) is 165 cm³/mol. The lowest BCUT2D eigenvalue weighted by Crippen LogP contribution is -2.42. The number of likely N-dealkylation sites (tertiary alicyclic amines) is 1. The van der Waals surface area contributed by atoms with Crippen molar-refractivity contribution >= 4 is 33.3 Å². The van der Waals surface area contributed by atoms with E-state index in [1.807, 2.05) is 41.0 Å². The minimum absolute atomic E-state index is 0.0363. The number of nitrogens with one attached hydrogen (secondary N) is 2. The fourth-order valence-electron chi connectivity index (χ4n) is 6.58. The number of pyridine rings is 1. The molecule has 3 aliphatic heterocycles. The predicted octanol–water partition coefficient (Wildman–Crippen LogP) is 4.35. The van der Waals surface area contributed by atoms with E-state index in [1.165, 1.54) is 12.5 Å². The number of hydrogen-bond donors (Lipinski definition) is 2. The summed E-state index contributed by atoms with van der Waals surface area (Å²) in [5, 5.41) is 8.24. The van der Waals surface area contributed by atoms with Crippen LogP contribution in [-0.4, -0.2) is 85.8 Å². The Kier molecular flexibility index (Phi) is 7.50. The van der Waals surface area contributed by atoms with Gasteiger partial charge in [0.2, 0.25) is 5.43 Å². The number of halogens is 1. The van der Waals surface area contributed by atoms with Crippen LogP contribution in [0.3, 0.4) is 0 Å². The van der Waals surface area contributed by atoms with Crippen LogP contribution in [0, 0.1) is 5.82 Å². The van der Waals surface area contributed by atoms with Gasteiger partial charge >= 0.3 is 0 Å². The third-order valence-corrected chi connectivity index (χ3v) is 9.01. The quantitative estimate of drug-likeness (QED) is 0.280. The number of amides is 1. The molecule has 0 saturated carbocycles. The summed E-state index contributed by atoms with van der Waals surface area (Å²) in [4.78, 5) is 31.7. The number of carbonyl (C=O) groups excluding carboxylic acids is 1. The van der Waals surface area contributed by atoms with Crippen molar-refractivity contribution < 1.29 is 18.7 Å². The van der Waals surface area contributed by atoms with Crippen molar-refractivity contribution in [3.8, 4) is 17.2 Å². The van der Waals surface area contributed by atoms with Gasteiger partial charge in [-0.1, -0.05) is 24.3 Å². The number of ether oxygens (including phenoxy) is 2. The highest BCUT2D eigenvalue weighted by Gasteiger charge is 2.29. The van der Waals surface area contributed by atoms with E-state index in [1.54, 1.807) is 6.20 Å². The maximum Gasteiger partial charge on any atom is 0.256 e. The van der Waals surface area contributed by atoms with Crippen LogP contribution in [0.25, 0.3) is 27.4 Å². The monoisotopic (exact) mass is 585 g/mol. The summed E-state index contributed by atoms with van der Waals surface area (Å²) < 4.78 is 29.4. The SMILES string of the molecule is CN1CCCC1CCNc1c(F)cc2c(=O)c(C(=O)NCCN3CCOCC3)cn3c2c1Oc1cc2ccccc2cc1-3. The van der Waals surface area contributed by atoms with E-state index < -0.39 is 17.2 Å². The van der Waals surface area contributed by atoms with Gasteiger partial charge in [0, 0.05) is 45.0 Å². The first-order valence-corrected chi connectivity index (χ1v) is 15.1. The Bertz CT molecular complexity index is 1770. The number of rotatable bonds is 8. The van der Waals surface area contributed by atoms with Gasteiger partial charge in [-0.2, -0.15) is 0 Å². The van der Waals surface area contributed by atoms with Gasteiger partial charge in [-0.05, 0) is 61.8 Å². The number of aromatic nitrogens is 1. The molecule has 7 rings (SSSR count). The van der Waals surface area contributed by atoms with Crippen molar-refractivity contribution in [3.05, 3.63) is 70.3 Å². The summed E-state index contributed by atoms with van der Waals surface area (Å²) in [6.07, 6.45) is 4.73. The molecule has 2 saturated heterocycles. The fraction of sp³-hybridized carbons (Fsp3) is 0.394. The molecule has 0 bridgehead atoms. The molecule has 0 radical (unpaired) electrons. The van der Waals surface area contributed by atoms with Gasteiger partial charge in [-0.15, -0.1) is 0 Å². The van der Waals surface area contributed by atoms with Crippen LogP contribution < -0.4 is 20.8 Å². The zero-order chi connectivity index (χ0) is 29.5. The molecule has 43 heavy (non-hydrogen) atoms. The summed E-state index contributed by atoms with van der Waals surface area (Å²) >= 11 is 0. The van der Waals surface area contributed by atoms with Gasteiger partial charge in [-0.3, -0.25) is 14.5 Å². The van der Waals surface area contributed by atoms with Crippen LogP contribution >= 0.6 is 0 Å². The maximum absolute atomic E-state index is 15.8. The second-order valence-corrected chi connectivity index (χ2v) is 11.7. The average molecular weight is 586 g/mol. The number of morpholine rings is 1. The fourth-order valence-corrected chi connectivity index (χ4v) is 6.58. The average Bonchev–Trinajstić information content (AvgIpc) is 3.43. The van der Waals surface area contributed by atoms with E-state index in [2.05, 4.69) is 27.5 Å². The molecule has 3 aliphatic rings. The molecule has 224 valence electrons. The minimum Gasteiger partial charge on any atom is -0.451 e. The standard InChI is InChI=1S/C33H36FN5O4/c1-37-11-4-7-23(37)8-9-35-29-26(34)19-24-30-32(29)43-28-18-22-6-3-2-5-21(22)17-27(28)39(30)20-25(31(24)40)33(41)36-10-12-38-13-15-42-16-14-38/h2-3,5-6,17-20,23,35H,4,7-16H2,1H3,(H,36,41). The Labute approximate surface area is 249 Å².